The average Bonchev–Trinajstić information content (AvgIpc) is 2.48. The molecular formula is C16H23NO5. The van der Waals surface area contributed by atoms with Crippen molar-refractivity contribution in [3.05, 3.63) is 29.8 Å². The van der Waals surface area contributed by atoms with Gasteiger partial charge >= 0.3 is 5.97 Å². The van der Waals surface area contributed by atoms with Crippen LogP contribution in [0.2, 0.25) is 0 Å². The molecule has 0 radical (unpaired) electrons. The minimum Gasteiger partial charge on any atom is -0.493 e. The second-order valence-corrected chi connectivity index (χ2v) is 5.26. The number of aliphatic carboxylic acids is 1. The molecule has 0 aromatic heterocycles. The number of carboxylic acid groups (broad SMARTS) is 1. The Morgan fingerprint density at radius 1 is 1.27 bits per heavy atom. The van der Waals surface area contributed by atoms with Gasteiger partial charge in [-0.2, -0.15) is 0 Å². The third-order valence-corrected chi connectivity index (χ3v) is 3.08. The second-order valence-electron chi connectivity index (χ2n) is 5.26. The number of rotatable bonds is 9. The lowest BCUT2D eigenvalue weighted by molar-refractivity contribution is -0.140. The number of hydrogen-bond donors (Lipinski definition) is 2. The Balaban J connectivity index is 2.67. The van der Waals surface area contributed by atoms with Gasteiger partial charge in [-0.25, -0.2) is 4.79 Å². The van der Waals surface area contributed by atoms with E-state index < -0.39 is 17.9 Å². The van der Waals surface area contributed by atoms with Crippen LogP contribution in [-0.2, 0) is 9.53 Å². The standard InChI is InChI=1S/C16H23NO5/c1-11(2)14(16(19)20)17-15(18)12-6-4-7-13(10-12)22-9-5-8-21-3/h4,6-7,10-11,14H,5,8-9H2,1-3H3,(H,17,18)(H,19,20). The Hall–Kier alpha value is -2.08. The molecule has 1 aromatic carbocycles. The van der Waals surface area contributed by atoms with Crippen LogP contribution in [0.25, 0.3) is 0 Å². The summed E-state index contributed by atoms with van der Waals surface area (Å²) in [7, 11) is 1.62. The molecule has 0 aliphatic rings. The molecule has 122 valence electrons. The maximum absolute atomic E-state index is 12.1. The fourth-order valence-corrected chi connectivity index (χ4v) is 1.86. The molecule has 6 nitrogen and oxygen atoms in total. The predicted octanol–water partition coefficient (Wildman–Crippen LogP) is 1.94. The van der Waals surface area contributed by atoms with Gasteiger partial charge in [-0.15, -0.1) is 0 Å². The zero-order chi connectivity index (χ0) is 16.5. The topological polar surface area (TPSA) is 84.9 Å². The van der Waals surface area contributed by atoms with Crippen LogP contribution in [0.1, 0.15) is 30.6 Å². The van der Waals surface area contributed by atoms with Crippen molar-refractivity contribution >= 4 is 11.9 Å². The number of carbonyl (C=O) groups is 2. The summed E-state index contributed by atoms with van der Waals surface area (Å²) in [4.78, 5) is 23.3. The van der Waals surface area contributed by atoms with Crippen LogP contribution in [0, 0.1) is 5.92 Å². The van der Waals surface area contributed by atoms with E-state index in [9.17, 15) is 9.59 Å². The minimum absolute atomic E-state index is 0.199. The van der Waals surface area contributed by atoms with E-state index in [2.05, 4.69) is 5.32 Å². The van der Waals surface area contributed by atoms with Crippen LogP contribution in [0.4, 0.5) is 0 Å². The van der Waals surface area contributed by atoms with Gasteiger partial charge in [-0.1, -0.05) is 19.9 Å². The van der Waals surface area contributed by atoms with E-state index in [1.54, 1.807) is 45.2 Å². The highest BCUT2D eigenvalue weighted by molar-refractivity contribution is 5.96. The molecular weight excluding hydrogens is 286 g/mol. The molecule has 0 spiro atoms. The lowest BCUT2D eigenvalue weighted by Gasteiger charge is -2.18. The van der Waals surface area contributed by atoms with E-state index in [0.717, 1.165) is 6.42 Å². The summed E-state index contributed by atoms with van der Waals surface area (Å²) in [6.07, 6.45) is 0.751. The van der Waals surface area contributed by atoms with E-state index in [0.29, 0.717) is 24.5 Å². The van der Waals surface area contributed by atoms with Crippen LogP contribution < -0.4 is 10.1 Å². The first-order valence-electron chi connectivity index (χ1n) is 7.21. The van der Waals surface area contributed by atoms with Gasteiger partial charge in [-0.05, 0) is 24.1 Å². The molecule has 0 saturated heterocycles. The SMILES string of the molecule is COCCCOc1cccc(C(=O)NC(C(=O)O)C(C)C)c1. The molecule has 0 saturated carbocycles. The van der Waals surface area contributed by atoms with Crippen molar-refractivity contribution in [3.63, 3.8) is 0 Å². The molecule has 0 aliphatic carbocycles. The molecule has 1 aromatic rings. The number of carbonyl (C=O) groups excluding carboxylic acids is 1. The summed E-state index contributed by atoms with van der Waals surface area (Å²) in [5.74, 6) is -1.10. The number of nitrogens with one attached hydrogen (secondary N) is 1. The van der Waals surface area contributed by atoms with Crippen molar-refractivity contribution in [2.45, 2.75) is 26.3 Å². The monoisotopic (exact) mass is 309 g/mol. The number of carboxylic acids is 1. The lowest BCUT2D eigenvalue weighted by Crippen LogP contribution is -2.44. The smallest absolute Gasteiger partial charge is 0.326 e. The van der Waals surface area contributed by atoms with Gasteiger partial charge in [0.2, 0.25) is 0 Å². The van der Waals surface area contributed by atoms with E-state index in [1.165, 1.54) is 0 Å². The Morgan fingerprint density at radius 2 is 2.00 bits per heavy atom. The molecule has 0 fully saturated rings. The van der Waals surface area contributed by atoms with E-state index in [-0.39, 0.29) is 5.92 Å². The van der Waals surface area contributed by atoms with Gasteiger partial charge in [-0.3, -0.25) is 4.79 Å². The maximum atomic E-state index is 12.1. The normalized spacial score (nSPS) is 12.0. The molecule has 1 unspecified atom stereocenters. The predicted molar refractivity (Wildman–Crippen MR) is 82.2 cm³/mol. The molecule has 1 atom stereocenters. The quantitative estimate of drug-likeness (QED) is 0.681. The van der Waals surface area contributed by atoms with E-state index >= 15 is 0 Å². The highest BCUT2D eigenvalue weighted by Crippen LogP contribution is 2.14. The Labute approximate surface area is 130 Å². The Morgan fingerprint density at radius 3 is 2.59 bits per heavy atom. The zero-order valence-electron chi connectivity index (χ0n) is 13.2. The second kappa shape index (κ2) is 9.04. The van der Waals surface area contributed by atoms with Crippen LogP contribution in [0.3, 0.4) is 0 Å². The van der Waals surface area contributed by atoms with Gasteiger partial charge in [0.1, 0.15) is 11.8 Å². The molecule has 0 aliphatic heterocycles. The number of methoxy groups -OCH3 is 1. The molecule has 2 N–H and O–H groups in total. The molecule has 0 heterocycles. The van der Waals surface area contributed by atoms with Crippen molar-refractivity contribution in [2.24, 2.45) is 5.92 Å². The average molecular weight is 309 g/mol. The lowest BCUT2D eigenvalue weighted by atomic mass is 10.0. The maximum Gasteiger partial charge on any atom is 0.326 e. The van der Waals surface area contributed by atoms with E-state index in [4.69, 9.17) is 14.6 Å². The highest BCUT2D eigenvalue weighted by Gasteiger charge is 2.23. The summed E-state index contributed by atoms with van der Waals surface area (Å²) in [5.41, 5.74) is 0.371. The van der Waals surface area contributed by atoms with Gasteiger partial charge in [0.25, 0.3) is 5.91 Å². The number of ether oxygens (including phenoxy) is 2. The summed E-state index contributed by atoms with van der Waals surface area (Å²) < 4.78 is 10.5. The largest absolute Gasteiger partial charge is 0.493 e. The van der Waals surface area contributed by atoms with Crippen molar-refractivity contribution in [1.82, 2.24) is 5.32 Å². The summed E-state index contributed by atoms with van der Waals surface area (Å²) in [5, 5.41) is 11.6. The van der Waals surface area contributed by atoms with Gasteiger partial charge in [0.15, 0.2) is 0 Å². The Bertz CT molecular complexity index is 501. The minimum atomic E-state index is -1.05. The molecule has 6 heteroatoms. The number of benzene rings is 1. The van der Waals surface area contributed by atoms with Crippen molar-refractivity contribution in [3.8, 4) is 5.75 Å². The third kappa shape index (κ3) is 5.73. The Kier molecular flexibility index (Phi) is 7.39. The molecule has 1 rings (SSSR count). The summed E-state index contributed by atoms with van der Waals surface area (Å²) in [6.45, 7) is 4.58. The molecule has 1 amide bonds. The van der Waals surface area contributed by atoms with Gasteiger partial charge in [0, 0.05) is 25.7 Å². The van der Waals surface area contributed by atoms with Gasteiger partial charge < -0.3 is 19.9 Å². The fourth-order valence-electron chi connectivity index (χ4n) is 1.86. The van der Waals surface area contributed by atoms with Crippen LogP contribution in [0.5, 0.6) is 5.75 Å². The first kappa shape index (κ1) is 18.0. The fraction of sp³-hybridized carbons (Fsp3) is 0.500. The highest BCUT2D eigenvalue weighted by atomic mass is 16.5. The number of amides is 1. The van der Waals surface area contributed by atoms with Crippen molar-refractivity contribution < 1.29 is 24.2 Å². The van der Waals surface area contributed by atoms with Gasteiger partial charge in [0.05, 0.1) is 6.61 Å². The first-order chi connectivity index (χ1) is 10.5. The summed E-state index contributed by atoms with van der Waals surface area (Å²) in [6, 6.07) is 5.75. The van der Waals surface area contributed by atoms with Crippen molar-refractivity contribution in [2.75, 3.05) is 20.3 Å². The number of hydrogen-bond acceptors (Lipinski definition) is 4. The van der Waals surface area contributed by atoms with Crippen molar-refractivity contribution in [1.29, 1.82) is 0 Å². The molecule has 0 bridgehead atoms. The first-order valence-corrected chi connectivity index (χ1v) is 7.21. The zero-order valence-corrected chi connectivity index (χ0v) is 13.2. The van der Waals surface area contributed by atoms with Crippen LogP contribution in [0.15, 0.2) is 24.3 Å². The third-order valence-electron chi connectivity index (χ3n) is 3.08. The molecule has 22 heavy (non-hydrogen) atoms. The summed E-state index contributed by atoms with van der Waals surface area (Å²) >= 11 is 0. The van der Waals surface area contributed by atoms with Crippen LogP contribution >= 0.6 is 0 Å². The van der Waals surface area contributed by atoms with Crippen LogP contribution in [-0.4, -0.2) is 43.3 Å². The van der Waals surface area contributed by atoms with E-state index in [1.807, 2.05) is 0 Å².